The molecule has 0 unspecified atom stereocenters. The molecule has 1 aromatic rings. The molecule has 2 rings (SSSR count). The first-order valence-corrected chi connectivity index (χ1v) is 6.99. The number of rotatable bonds is 5. The Kier molecular flexibility index (Phi) is 4.00. The van der Waals surface area contributed by atoms with Crippen LogP contribution in [0.2, 0.25) is 0 Å². The second-order valence-corrected chi connectivity index (χ2v) is 5.95. The second kappa shape index (κ2) is 5.30. The van der Waals surface area contributed by atoms with Gasteiger partial charge in [-0.05, 0) is 42.3 Å². The molecule has 1 saturated carbocycles. The molecule has 16 heavy (non-hydrogen) atoms. The molecule has 1 N–H and O–H groups in total. The van der Waals surface area contributed by atoms with Gasteiger partial charge in [-0.25, -0.2) is 0 Å². The maximum absolute atomic E-state index is 9.57. The van der Waals surface area contributed by atoms with Gasteiger partial charge in [0.15, 0.2) is 0 Å². The highest BCUT2D eigenvalue weighted by Gasteiger charge is 2.34. The summed E-state index contributed by atoms with van der Waals surface area (Å²) in [5.74, 6) is 0. The molecule has 0 saturated heterocycles. The first-order valence-electron chi connectivity index (χ1n) is 6.05. The average Bonchev–Trinajstić information content (AvgIpc) is 2.90. The van der Waals surface area contributed by atoms with E-state index in [9.17, 15) is 5.11 Å². The van der Waals surface area contributed by atoms with Crippen LogP contribution in [0.4, 0.5) is 0 Å². The van der Waals surface area contributed by atoms with Gasteiger partial charge in [0.1, 0.15) is 0 Å². The third-order valence-electron chi connectivity index (χ3n) is 3.64. The lowest BCUT2D eigenvalue weighted by atomic mass is 9.86. The summed E-state index contributed by atoms with van der Waals surface area (Å²) in [7, 11) is 2.16. The van der Waals surface area contributed by atoms with Crippen molar-refractivity contribution in [3.8, 4) is 0 Å². The summed E-state index contributed by atoms with van der Waals surface area (Å²) >= 11 is 1.75. The molecule has 0 aromatic carbocycles. The van der Waals surface area contributed by atoms with Gasteiger partial charge in [-0.15, -0.1) is 0 Å². The van der Waals surface area contributed by atoms with Crippen LogP contribution in [0, 0.1) is 5.41 Å². The SMILES string of the molecule is CN(Cc1ccsc1)CC1(CO)CCCC1. The minimum absolute atomic E-state index is 0.185. The van der Waals surface area contributed by atoms with Crippen molar-refractivity contribution in [3.63, 3.8) is 0 Å². The van der Waals surface area contributed by atoms with E-state index in [1.165, 1.54) is 31.2 Å². The summed E-state index contributed by atoms with van der Waals surface area (Å²) in [6.07, 6.45) is 4.95. The fourth-order valence-corrected chi connectivity index (χ4v) is 3.47. The highest BCUT2D eigenvalue weighted by Crippen LogP contribution is 2.38. The van der Waals surface area contributed by atoms with Gasteiger partial charge < -0.3 is 10.0 Å². The molecule has 1 fully saturated rings. The fourth-order valence-electron chi connectivity index (χ4n) is 2.81. The van der Waals surface area contributed by atoms with Crippen molar-refractivity contribution >= 4 is 11.3 Å². The molecule has 0 spiro atoms. The molecule has 2 nitrogen and oxygen atoms in total. The third-order valence-corrected chi connectivity index (χ3v) is 4.37. The van der Waals surface area contributed by atoms with E-state index < -0.39 is 0 Å². The Labute approximate surface area is 102 Å². The lowest BCUT2D eigenvalue weighted by molar-refractivity contribution is 0.0864. The Hall–Kier alpha value is -0.380. The van der Waals surface area contributed by atoms with Crippen LogP contribution in [0.5, 0.6) is 0 Å². The molecule has 0 aliphatic heterocycles. The van der Waals surface area contributed by atoms with Crippen molar-refractivity contribution in [1.82, 2.24) is 4.90 Å². The van der Waals surface area contributed by atoms with Crippen LogP contribution in [-0.4, -0.2) is 30.2 Å². The number of hydrogen-bond acceptors (Lipinski definition) is 3. The van der Waals surface area contributed by atoms with Gasteiger partial charge in [0.2, 0.25) is 0 Å². The van der Waals surface area contributed by atoms with Crippen LogP contribution < -0.4 is 0 Å². The summed E-state index contributed by atoms with van der Waals surface area (Å²) in [6, 6.07) is 2.18. The molecule has 1 aliphatic carbocycles. The van der Waals surface area contributed by atoms with Gasteiger partial charge in [-0.3, -0.25) is 0 Å². The van der Waals surface area contributed by atoms with Crippen LogP contribution in [0.1, 0.15) is 31.2 Å². The smallest absolute Gasteiger partial charge is 0.0499 e. The standard InChI is InChI=1S/C13H21NOS/c1-14(8-12-4-7-16-9-12)10-13(11-15)5-2-3-6-13/h4,7,9,15H,2-3,5-6,8,10-11H2,1H3. The molecule has 0 bridgehead atoms. The zero-order valence-corrected chi connectivity index (χ0v) is 10.8. The average molecular weight is 239 g/mol. The van der Waals surface area contributed by atoms with E-state index in [4.69, 9.17) is 0 Å². The van der Waals surface area contributed by atoms with Crippen molar-refractivity contribution < 1.29 is 5.11 Å². The van der Waals surface area contributed by atoms with Crippen molar-refractivity contribution in [2.24, 2.45) is 5.41 Å². The maximum Gasteiger partial charge on any atom is 0.0499 e. The Bertz CT molecular complexity index is 304. The highest BCUT2D eigenvalue weighted by molar-refractivity contribution is 7.07. The lowest BCUT2D eigenvalue weighted by Crippen LogP contribution is -2.36. The molecule has 0 atom stereocenters. The van der Waals surface area contributed by atoms with Gasteiger partial charge in [0, 0.05) is 25.1 Å². The molecule has 3 heteroatoms. The van der Waals surface area contributed by atoms with Crippen LogP contribution in [0.25, 0.3) is 0 Å². The van der Waals surface area contributed by atoms with E-state index in [0.29, 0.717) is 6.61 Å². The molecule has 1 aromatic heterocycles. The zero-order chi connectivity index (χ0) is 11.4. The fraction of sp³-hybridized carbons (Fsp3) is 0.692. The summed E-state index contributed by atoms with van der Waals surface area (Å²) in [6.45, 7) is 2.38. The molecule has 1 heterocycles. The minimum atomic E-state index is 0.185. The van der Waals surface area contributed by atoms with E-state index in [2.05, 4.69) is 28.8 Å². The number of thiophene rings is 1. The molecule has 90 valence electrons. The third kappa shape index (κ3) is 2.84. The van der Waals surface area contributed by atoms with Crippen LogP contribution in [0.3, 0.4) is 0 Å². The number of nitrogens with zero attached hydrogens (tertiary/aromatic N) is 1. The Morgan fingerprint density at radius 2 is 2.19 bits per heavy atom. The number of hydrogen-bond donors (Lipinski definition) is 1. The first kappa shape index (κ1) is 12.1. The van der Waals surface area contributed by atoms with Crippen molar-refractivity contribution in [1.29, 1.82) is 0 Å². The van der Waals surface area contributed by atoms with Gasteiger partial charge in [0.25, 0.3) is 0 Å². The van der Waals surface area contributed by atoms with E-state index in [1.807, 2.05) is 0 Å². The van der Waals surface area contributed by atoms with E-state index in [1.54, 1.807) is 11.3 Å². The monoisotopic (exact) mass is 239 g/mol. The van der Waals surface area contributed by atoms with Gasteiger partial charge >= 0.3 is 0 Å². The second-order valence-electron chi connectivity index (χ2n) is 5.17. The van der Waals surface area contributed by atoms with Gasteiger partial charge in [-0.1, -0.05) is 12.8 Å². The summed E-state index contributed by atoms with van der Waals surface area (Å²) in [5.41, 5.74) is 1.57. The maximum atomic E-state index is 9.57. The quantitative estimate of drug-likeness (QED) is 0.854. The predicted octanol–water partition coefficient (Wildman–Crippen LogP) is 2.73. The van der Waals surface area contributed by atoms with Crippen LogP contribution >= 0.6 is 11.3 Å². The molecular formula is C13H21NOS. The lowest BCUT2D eigenvalue weighted by Gasteiger charge is -2.31. The van der Waals surface area contributed by atoms with Crippen LogP contribution in [-0.2, 0) is 6.54 Å². The number of aliphatic hydroxyl groups is 1. The zero-order valence-electron chi connectivity index (χ0n) is 9.98. The largest absolute Gasteiger partial charge is 0.396 e. The Morgan fingerprint density at radius 1 is 1.44 bits per heavy atom. The van der Waals surface area contributed by atoms with Gasteiger partial charge in [0.05, 0.1) is 0 Å². The molecule has 0 radical (unpaired) electrons. The summed E-state index contributed by atoms with van der Waals surface area (Å²) in [4.78, 5) is 2.35. The molecular weight excluding hydrogens is 218 g/mol. The van der Waals surface area contributed by atoms with Crippen molar-refractivity contribution in [3.05, 3.63) is 22.4 Å². The topological polar surface area (TPSA) is 23.5 Å². The summed E-state index contributed by atoms with van der Waals surface area (Å²) < 4.78 is 0. The van der Waals surface area contributed by atoms with Crippen LogP contribution in [0.15, 0.2) is 16.8 Å². The van der Waals surface area contributed by atoms with Crippen molar-refractivity contribution in [2.75, 3.05) is 20.2 Å². The molecule has 1 aliphatic rings. The highest BCUT2D eigenvalue weighted by atomic mass is 32.1. The van der Waals surface area contributed by atoms with Crippen molar-refractivity contribution in [2.45, 2.75) is 32.2 Å². The first-order chi connectivity index (χ1) is 7.74. The Balaban J connectivity index is 1.88. The minimum Gasteiger partial charge on any atom is -0.396 e. The normalized spacial score (nSPS) is 19.4. The van der Waals surface area contributed by atoms with E-state index in [0.717, 1.165) is 13.1 Å². The van der Waals surface area contributed by atoms with E-state index >= 15 is 0 Å². The van der Waals surface area contributed by atoms with Gasteiger partial charge in [-0.2, -0.15) is 11.3 Å². The number of aliphatic hydroxyl groups excluding tert-OH is 1. The predicted molar refractivity (Wildman–Crippen MR) is 68.6 cm³/mol. The molecule has 0 amide bonds. The summed E-state index contributed by atoms with van der Waals surface area (Å²) in [5, 5.41) is 13.9. The van der Waals surface area contributed by atoms with E-state index in [-0.39, 0.29) is 5.41 Å². The Morgan fingerprint density at radius 3 is 2.75 bits per heavy atom.